The van der Waals surface area contributed by atoms with Gasteiger partial charge in [0.05, 0.1) is 0 Å². The first-order valence-corrected chi connectivity index (χ1v) is 8.05. The Morgan fingerprint density at radius 1 is 1.39 bits per heavy atom. The number of rotatable bonds is 4. The van der Waals surface area contributed by atoms with E-state index in [1.54, 1.807) is 0 Å². The summed E-state index contributed by atoms with van der Waals surface area (Å²) in [5.41, 5.74) is 0.905. The van der Waals surface area contributed by atoms with E-state index in [4.69, 9.17) is 0 Å². The molecule has 1 aromatic carbocycles. The second-order valence-electron chi connectivity index (χ2n) is 4.60. The average Bonchev–Trinajstić information content (AvgIpc) is 2.24. The van der Waals surface area contributed by atoms with Gasteiger partial charge in [-0.1, -0.05) is 28.1 Å². The van der Waals surface area contributed by atoms with Gasteiger partial charge >= 0.3 is 0 Å². The van der Waals surface area contributed by atoms with Crippen LogP contribution in [-0.2, 0) is 21.2 Å². The third kappa shape index (κ3) is 3.55. The first kappa shape index (κ1) is 15.2. The molecule has 0 aliphatic rings. The highest BCUT2D eigenvalue weighted by Gasteiger charge is 2.38. The maximum atomic E-state index is 11.9. The molecule has 4 nitrogen and oxygen atoms in total. The number of halogens is 1. The predicted octanol–water partition coefficient (Wildman–Crippen LogP) is 1.89. The second kappa shape index (κ2) is 5.40. The molecule has 18 heavy (non-hydrogen) atoms. The molecule has 0 heterocycles. The molecule has 0 saturated heterocycles. The smallest absolute Gasteiger partial charge is 0.241 e. The van der Waals surface area contributed by atoms with Crippen molar-refractivity contribution in [2.24, 2.45) is 0 Å². The van der Waals surface area contributed by atoms with Crippen LogP contribution in [0.3, 0.4) is 0 Å². The highest BCUT2D eigenvalue weighted by molar-refractivity contribution is 9.10. The molecule has 0 aliphatic carbocycles. The Kier molecular flexibility index (Phi) is 4.55. The van der Waals surface area contributed by atoms with Gasteiger partial charge in [0.15, 0.2) is 9.84 Å². The largest absolute Gasteiger partial charge is 0.351 e. The van der Waals surface area contributed by atoms with Crippen LogP contribution in [0.2, 0.25) is 0 Å². The maximum Gasteiger partial charge on any atom is 0.241 e. The second-order valence-corrected chi connectivity index (χ2v) is 8.08. The SMILES string of the molecule is CC(C)(C(=O)NCc1cccc(Br)c1)S(C)(=O)=O. The van der Waals surface area contributed by atoms with Crippen molar-refractivity contribution in [1.82, 2.24) is 5.32 Å². The van der Waals surface area contributed by atoms with Gasteiger partial charge in [0.1, 0.15) is 4.75 Å². The van der Waals surface area contributed by atoms with E-state index in [1.807, 2.05) is 24.3 Å². The van der Waals surface area contributed by atoms with E-state index in [2.05, 4.69) is 21.2 Å². The summed E-state index contributed by atoms with van der Waals surface area (Å²) in [6.07, 6.45) is 1.06. The van der Waals surface area contributed by atoms with E-state index in [-0.39, 0.29) is 0 Å². The molecule has 0 spiro atoms. The van der Waals surface area contributed by atoms with Crippen molar-refractivity contribution in [1.29, 1.82) is 0 Å². The van der Waals surface area contributed by atoms with Crippen molar-refractivity contribution in [3.8, 4) is 0 Å². The molecule has 0 radical (unpaired) electrons. The zero-order valence-electron chi connectivity index (χ0n) is 10.5. The minimum absolute atomic E-state index is 0.303. The zero-order chi connectivity index (χ0) is 14.0. The number of benzene rings is 1. The van der Waals surface area contributed by atoms with Crippen molar-refractivity contribution in [3.05, 3.63) is 34.3 Å². The fourth-order valence-corrected chi connectivity index (χ4v) is 2.07. The summed E-state index contributed by atoms with van der Waals surface area (Å²) in [4.78, 5) is 11.9. The van der Waals surface area contributed by atoms with E-state index < -0.39 is 20.5 Å². The van der Waals surface area contributed by atoms with Gasteiger partial charge < -0.3 is 5.32 Å². The van der Waals surface area contributed by atoms with Crippen molar-refractivity contribution in [3.63, 3.8) is 0 Å². The molecule has 1 N–H and O–H groups in total. The lowest BCUT2D eigenvalue weighted by atomic mass is 10.1. The number of hydrogen-bond acceptors (Lipinski definition) is 3. The topological polar surface area (TPSA) is 63.2 Å². The fraction of sp³-hybridized carbons (Fsp3) is 0.417. The Bertz CT molecular complexity index is 552. The van der Waals surface area contributed by atoms with Crippen molar-refractivity contribution < 1.29 is 13.2 Å². The summed E-state index contributed by atoms with van der Waals surface area (Å²) in [6.45, 7) is 3.11. The van der Waals surface area contributed by atoms with Crippen LogP contribution in [0.1, 0.15) is 19.4 Å². The minimum atomic E-state index is -3.44. The van der Waals surface area contributed by atoms with Crippen LogP contribution in [0.4, 0.5) is 0 Å². The molecule has 0 aromatic heterocycles. The molecular weight excluding hydrogens is 318 g/mol. The van der Waals surface area contributed by atoms with Crippen LogP contribution in [0, 0.1) is 0 Å². The van der Waals surface area contributed by atoms with E-state index in [1.165, 1.54) is 13.8 Å². The third-order valence-electron chi connectivity index (χ3n) is 2.82. The van der Waals surface area contributed by atoms with Crippen LogP contribution >= 0.6 is 15.9 Å². The molecule has 1 rings (SSSR count). The first-order valence-electron chi connectivity index (χ1n) is 5.37. The number of carbonyl (C=O) groups excluding carboxylic acids is 1. The van der Waals surface area contributed by atoms with Crippen LogP contribution in [-0.4, -0.2) is 25.3 Å². The van der Waals surface area contributed by atoms with Crippen molar-refractivity contribution in [2.45, 2.75) is 25.1 Å². The summed E-state index contributed by atoms with van der Waals surface area (Å²) in [5.74, 6) is -0.495. The Morgan fingerprint density at radius 2 is 2.00 bits per heavy atom. The standard InChI is InChI=1S/C12H16BrNO3S/c1-12(2,18(3,16)17)11(15)14-8-9-5-4-6-10(13)7-9/h4-7H,8H2,1-3H3,(H,14,15). The Morgan fingerprint density at radius 3 is 2.50 bits per heavy atom. The summed E-state index contributed by atoms with van der Waals surface area (Å²) < 4.78 is 22.5. The van der Waals surface area contributed by atoms with Gasteiger partial charge in [-0.05, 0) is 31.5 Å². The maximum absolute atomic E-state index is 11.9. The predicted molar refractivity (Wildman–Crippen MR) is 74.9 cm³/mol. The monoisotopic (exact) mass is 333 g/mol. The van der Waals surface area contributed by atoms with Crippen molar-refractivity contribution >= 4 is 31.7 Å². The number of nitrogens with one attached hydrogen (secondary N) is 1. The van der Waals surface area contributed by atoms with Gasteiger partial charge in [-0.15, -0.1) is 0 Å². The number of carbonyl (C=O) groups is 1. The van der Waals surface area contributed by atoms with Gasteiger partial charge in [-0.25, -0.2) is 8.42 Å². The summed E-state index contributed by atoms with van der Waals surface area (Å²) in [5, 5.41) is 2.63. The number of hydrogen-bond donors (Lipinski definition) is 1. The van der Waals surface area contributed by atoms with Crippen molar-refractivity contribution in [2.75, 3.05) is 6.26 Å². The van der Waals surface area contributed by atoms with Crippen LogP contribution in [0.15, 0.2) is 28.7 Å². The quantitative estimate of drug-likeness (QED) is 0.915. The number of amides is 1. The molecule has 6 heteroatoms. The van der Waals surface area contributed by atoms with Gasteiger partial charge in [0.25, 0.3) is 0 Å². The summed E-state index contributed by atoms with van der Waals surface area (Å²) in [7, 11) is -3.44. The molecule has 1 aromatic rings. The highest BCUT2D eigenvalue weighted by Crippen LogP contribution is 2.16. The molecule has 0 atom stereocenters. The van der Waals surface area contributed by atoms with Gasteiger partial charge in [-0.2, -0.15) is 0 Å². The lowest BCUT2D eigenvalue weighted by Gasteiger charge is -2.21. The van der Waals surface area contributed by atoms with E-state index in [0.717, 1.165) is 16.3 Å². The first-order chi connectivity index (χ1) is 8.14. The lowest BCUT2D eigenvalue weighted by molar-refractivity contribution is -0.123. The molecule has 100 valence electrons. The van der Waals surface area contributed by atoms with Crippen LogP contribution in [0.25, 0.3) is 0 Å². The van der Waals surface area contributed by atoms with Gasteiger partial charge in [0.2, 0.25) is 5.91 Å². The normalized spacial score (nSPS) is 12.2. The average molecular weight is 334 g/mol. The highest BCUT2D eigenvalue weighted by atomic mass is 79.9. The Labute approximate surface area is 116 Å². The van der Waals surface area contributed by atoms with Gasteiger partial charge in [0, 0.05) is 17.3 Å². The molecular formula is C12H16BrNO3S. The summed E-state index contributed by atoms with van der Waals surface area (Å²) >= 11 is 3.33. The fourth-order valence-electron chi connectivity index (χ4n) is 1.21. The van der Waals surface area contributed by atoms with E-state index >= 15 is 0 Å². The molecule has 1 amide bonds. The third-order valence-corrected chi connectivity index (χ3v) is 5.35. The Balaban J connectivity index is 2.73. The van der Waals surface area contributed by atoms with E-state index in [0.29, 0.717) is 6.54 Å². The number of sulfone groups is 1. The van der Waals surface area contributed by atoms with Gasteiger partial charge in [-0.3, -0.25) is 4.79 Å². The summed E-state index contributed by atoms with van der Waals surface area (Å²) in [6, 6.07) is 7.46. The Hall–Kier alpha value is -0.880. The zero-order valence-corrected chi connectivity index (χ0v) is 12.9. The lowest BCUT2D eigenvalue weighted by Crippen LogP contribution is -2.47. The van der Waals surface area contributed by atoms with Crippen LogP contribution in [0.5, 0.6) is 0 Å². The molecule has 0 aliphatic heterocycles. The molecule has 0 fully saturated rings. The molecule has 0 saturated carbocycles. The van der Waals surface area contributed by atoms with E-state index in [9.17, 15) is 13.2 Å². The molecule has 0 unspecified atom stereocenters. The minimum Gasteiger partial charge on any atom is -0.351 e. The van der Waals surface area contributed by atoms with Crippen LogP contribution < -0.4 is 5.32 Å². The molecule has 0 bridgehead atoms.